The van der Waals surface area contributed by atoms with Crippen LogP contribution in [0.1, 0.15) is 42.4 Å². The summed E-state index contributed by atoms with van der Waals surface area (Å²) in [5.41, 5.74) is 7.37. The SMILES string of the molecule is CC(C)=C=CO[C@@H]1CO[C@H](c2ccccc2)O[C@@H]1COC(c1ccccc1)(c1ccccc1)c1ccccc1. The highest BCUT2D eigenvalue weighted by Gasteiger charge is 2.41. The number of rotatable bonds is 9. The third-order valence-electron chi connectivity index (χ3n) is 6.79. The fourth-order valence-corrected chi connectivity index (χ4v) is 4.85. The lowest BCUT2D eigenvalue weighted by Crippen LogP contribution is -2.46. The number of ether oxygens (including phenoxy) is 4. The van der Waals surface area contributed by atoms with E-state index in [0.29, 0.717) is 6.61 Å². The van der Waals surface area contributed by atoms with Crippen LogP contribution in [0, 0.1) is 0 Å². The van der Waals surface area contributed by atoms with E-state index in [1.54, 1.807) is 6.26 Å². The molecule has 1 saturated heterocycles. The highest BCUT2D eigenvalue weighted by Crippen LogP contribution is 2.41. The van der Waals surface area contributed by atoms with Gasteiger partial charge < -0.3 is 18.9 Å². The Morgan fingerprint density at radius 1 is 0.769 bits per heavy atom. The van der Waals surface area contributed by atoms with Crippen molar-refractivity contribution >= 4 is 0 Å². The number of allylic oxidation sites excluding steroid dienone is 1. The molecule has 0 aromatic heterocycles. The van der Waals surface area contributed by atoms with Crippen molar-refractivity contribution in [3.8, 4) is 0 Å². The van der Waals surface area contributed by atoms with Crippen LogP contribution < -0.4 is 0 Å². The van der Waals surface area contributed by atoms with Crippen molar-refractivity contribution in [1.29, 1.82) is 0 Å². The second-order valence-electron chi connectivity index (χ2n) is 9.78. The van der Waals surface area contributed by atoms with Gasteiger partial charge in [0.15, 0.2) is 12.4 Å². The lowest BCUT2D eigenvalue weighted by atomic mass is 9.80. The van der Waals surface area contributed by atoms with Crippen molar-refractivity contribution in [3.63, 3.8) is 0 Å². The number of benzene rings is 4. The third-order valence-corrected chi connectivity index (χ3v) is 6.79. The van der Waals surface area contributed by atoms with Gasteiger partial charge in [0.2, 0.25) is 0 Å². The van der Waals surface area contributed by atoms with Gasteiger partial charge in [0.05, 0.1) is 13.2 Å². The minimum absolute atomic E-state index is 0.276. The lowest BCUT2D eigenvalue weighted by molar-refractivity contribution is -0.270. The van der Waals surface area contributed by atoms with Crippen LogP contribution in [-0.2, 0) is 24.5 Å². The van der Waals surface area contributed by atoms with Crippen molar-refractivity contribution in [2.45, 2.75) is 37.9 Å². The van der Waals surface area contributed by atoms with Gasteiger partial charge in [-0.15, -0.1) is 0 Å². The summed E-state index contributed by atoms with van der Waals surface area (Å²) in [4.78, 5) is 0. The maximum atomic E-state index is 7.07. The molecule has 0 amide bonds. The molecular formula is C35H34O4. The first-order valence-corrected chi connectivity index (χ1v) is 13.3. The van der Waals surface area contributed by atoms with Crippen LogP contribution in [0.5, 0.6) is 0 Å². The van der Waals surface area contributed by atoms with E-state index in [4.69, 9.17) is 18.9 Å². The Bertz CT molecular complexity index is 1260. The molecule has 1 fully saturated rings. The molecule has 1 heterocycles. The maximum Gasteiger partial charge on any atom is 0.184 e. The lowest BCUT2D eigenvalue weighted by Gasteiger charge is -2.40. The Balaban J connectivity index is 1.53. The molecule has 4 nitrogen and oxygen atoms in total. The predicted octanol–water partition coefficient (Wildman–Crippen LogP) is 7.57. The van der Waals surface area contributed by atoms with Crippen LogP contribution in [0.3, 0.4) is 0 Å². The topological polar surface area (TPSA) is 36.9 Å². The van der Waals surface area contributed by atoms with E-state index in [-0.39, 0.29) is 12.7 Å². The minimum atomic E-state index is -0.853. The molecule has 1 aliphatic rings. The second kappa shape index (κ2) is 12.8. The first-order valence-electron chi connectivity index (χ1n) is 13.3. The van der Waals surface area contributed by atoms with E-state index in [9.17, 15) is 0 Å². The molecule has 3 atom stereocenters. The molecule has 39 heavy (non-hydrogen) atoms. The van der Waals surface area contributed by atoms with Crippen molar-refractivity contribution in [2.75, 3.05) is 13.2 Å². The summed E-state index contributed by atoms with van der Waals surface area (Å²) in [6.45, 7) is 4.60. The average Bonchev–Trinajstić information content (AvgIpc) is 3.00. The quantitative estimate of drug-likeness (QED) is 0.130. The molecular weight excluding hydrogens is 484 g/mol. The van der Waals surface area contributed by atoms with Crippen molar-refractivity contribution in [3.05, 3.63) is 161 Å². The maximum absolute atomic E-state index is 7.07. The smallest absolute Gasteiger partial charge is 0.184 e. The molecule has 0 spiro atoms. The zero-order valence-corrected chi connectivity index (χ0v) is 22.4. The molecule has 0 saturated carbocycles. The molecule has 4 aromatic rings. The highest BCUT2D eigenvalue weighted by molar-refractivity contribution is 5.47. The van der Waals surface area contributed by atoms with Gasteiger partial charge in [-0.2, -0.15) is 0 Å². The van der Waals surface area contributed by atoms with Gasteiger partial charge in [-0.1, -0.05) is 127 Å². The van der Waals surface area contributed by atoms with Crippen molar-refractivity contribution in [1.82, 2.24) is 0 Å². The normalized spacial score (nSPS) is 19.1. The molecule has 198 valence electrons. The van der Waals surface area contributed by atoms with E-state index in [1.807, 2.05) is 98.8 Å². The van der Waals surface area contributed by atoms with Crippen LogP contribution in [0.15, 0.2) is 139 Å². The fourth-order valence-electron chi connectivity index (χ4n) is 4.85. The van der Waals surface area contributed by atoms with Gasteiger partial charge in [0.1, 0.15) is 18.0 Å². The van der Waals surface area contributed by atoms with Gasteiger partial charge >= 0.3 is 0 Å². The highest BCUT2D eigenvalue weighted by atomic mass is 16.7. The first-order chi connectivity index (χ1) is 19.2. The van der Waals surface area contributed by atoms with E-state index in [0.717, 1.165) is 27.8 Å². The van der Waals surface area contributed by atoms with Crippen LogP contribution in [-0.4, -0.2) is 25.4 Å². The number of hydrogen-bond donors (Lipinski definition) is 0. The second-order valence-corrected chi connectivity index (χ2v) is 9.78. The Morgan fingerprint density at radius 2 is 1.26 bits per heavy atom. The van der Waals surface area contributed by atoms with Crippen molar-refractivity contribution in [2.24, 2.45) is 0 Å². The van der Waals surface area contributed by atoms with E-state index in [1.165, 1.54) is 0 Å². The van der Waals surface area contributed by atoms with E-state index < -0.39 is 18.0 Å². The summed E-state index contributed by atoms with van der Waals surface area (Å²) in [6.07, 6.45) is 0.333. The Labute approximate surface area is 231 Å². The average molecular weight is 519 g/mol. The molecule has 0 bridgehead atoms. The molecule has 4 aromatic carbocycles. The number of hydrogen-bond acceptors (Lipinski definition) is 4. The molecule has 5 rings (SSSR count). The largest absolute Gasteiger partial charge is 0.485 e. The fraction of sp³-hybridized carbons (Fsp3) is 0.229. The first kappa shape index (κ1) is 26.7. The standard InChI is InChI=1S/C35H34O4/c1-27(2)23-24-36-32-25-37-34(28-15-7-3-8-16-28)39-33(32)26-38-35(29-17-9-4-10-18-29,30-19-11-5-12-20-30)31-21-13-6-14-22-31/h3-22,24,32-34H,25-26H2,1-2H3/t32-,33-,34+/m1/s1. The van der Waals surface area contributed by atoms with Gasteiger partial charge in [-0.25, -0.2) is 0 Å². The van der Waals surface area contributed by atoms with Crippen LogP contribution >= 0.6 is 0 Å². The van der Waals surface area contributed by atoms with E-state index >= 15 is 0 Å². The summed E-state index contributed by atoms with van der Waals surface area (Å²) in [5.74, 6) is 0. The Kier molecular flexibility index (Phi) is 8.72. The zero-order valence-electron chi connectivity index (χ0n) is 22.4. The molecule has 0 aliphatic carbocycles. The zero-order chi connectivity index (χ0) is 26.9. The Hall–Kier alpha value is -3.92. The molecule has 0 N–H and O–H groups in total. The van der Waals surface area contributed by atoms with Gasteiger partial charge in [-0.05, 0) is 36.1 Å². The van der Waals surface area contributed by atoms with Gasteiger partial charge in [-0.3, -0.25) is 0 Å². The third kappa shape index (κ3) is 6.22. The predicted molar refractivity (Wildman–Crippen MR) is 153 cm³/mol. The van der Waals surface area contributed by atoms with Crippen LogP contribution in [0.4, 0.5) is 0 Å². The van der Waals surface area contributed by atoms with Gasteiger partial charge in [0, 0.05) is 5.56 Å². The van der Waals surface area contributed by atoms with Crippen LogP contribution in [0.25, 0.3) is 0 Å². The molecule has 4 heteroatoms. The summed E-state index contributed by atoms with van der Waals surface area (Å²) >= 11 is 0. The minimum Gasteiger partial charge on any atom is -0.485 e. The summed E-state index contributed by atoms with van der Waals surface area (Å²) in [7, 11) is 0. The van der Waals surface area contributed by atoms with Crippen LogP contribution in [0.2, 0.25) is 0 Å². The summed E-state index contributed by atoms with van der Waals surface area (Å²) in [6, 6.07) is 41.0. The molecule has 1 aliphatic heterocycles. The molecule has 0 unspecified atom stereocenters. The van der Waals surface area contributed by atoms with Gasteiger partial charge in [0.25, 0.3) is 0 Å². The summed E-state index contributed by atoms with van der Waals surface area (Å²) in [5, 5.41) is 0. The molecule has 0 radical (unpaired) electrons. The van der Waals surface area contributed by atoms with Crippen molar-refractivity contribution < 1.29 is 18.9 Å². The van der Waals surface area contributed by atoms with E-state index in [2.05, 4.69) is 42.1 Å². The monoisotopic (exact) mass is 518 g/mol. The summed E-state index contributed by atoms with van der Waals surface area (Å²) < 4.78 is 25.8. The Morgan fingerprint density at radius 3 is 1.74 bits per heavy atom.